The molecule has 8 fully saturated rings. The van der Waals surface area contributed by atoms with Crippen LogP contribution in [-0.4, -0.2) is 79.9 Å². The minimum absolute atomic E-state index is 0. The number of rotatable bonds is 13. The van der Waals surface area contributed by atoms with Crippen molar-refractivity contribution in [3.8, 4) is 0 Å². The van der Waals surface area contributed by atoms with Crippen molar-refractivity contribution in [2.24, 2.45) is 0 Å². The summed E-state index contributed by atoms with van der Waals surface area (Å²) in [6, 6.07) is 0. The van der Waals surface area contributed by atoms with Crippen LogP contribution >= 0.6 is 39.5 Å². The molecule has 8 rings (SSSR count). The van der Waals surface area contributed by atoms with Gasteiger partial charge in [-0.1, -0.05) is 186 Å². The van der Waals surface area contributed by atoms with Crippen LogP contribution in [0.1, 0.15) is 257 Å². The molecule has 411 valence electrons. The number of carbonyl (C=O) groups is 1. The predicted molar refractivity (Wildman–Crippen MR) is 281 cm³/mol. The largest absolute Gasteiger partial charge is 1.00 e. The topological polar surface area (TPSA) is 57.5 Å². The Bertz CT molecular complexity index is 1080. The number of carboxylic acid groups (broad SMARTS) is 1. The molecule has 0 aromatic rings. The SMILES string of the molecule is C1CCC(P(CP(C2CCCCC2)C2CCCCC2)C2CCCCC2)CC1.C1CCC(P(CP(C2CCCCC2)C2CCCCC2)C2CCCCC2)CC1.F[P-](F)(F)(F)(F)F.O=C(O)CO.[Cu+].[Cu]. The second-order valence-electron chi connectivity index (χ2n) is 22.2. The van der Waals surface area contributed by atoms with E-state index < -0.39 is 20.4 Å². The molecule has 68 heavy (non-hydrogen) atoms. The molecule has 2 N–H and O–H groups in total. The fraction of sp³-hybridized carbons (Fsp3) is 0.981. The van der Waals surface area contributed by atoms with Gasteiger partial charge in [-0.05, 0) is 160 Å². The molecular formula is C52H96Cu2F6O3P5. The van der Waals surface area contributed by atoms with Crippen LogP contribution in [0.5, 0.6) is 0 Å². The first kappa shape index (κ1) is 64.5. The summed E-state index contributed by atoms with van der Waals surface area (Å²) in [5, 5.41) is 15.0. The minimum Gasteiger partial charge on any atom is -0.480 e. The van der Waals surface area contributed by atoms with Crippen molar-refractivity contribution in [1.29, 1.82) is 0 Å². The van der Waals surface area contributed by atoms with Crippen LogP contribution in [0.15, 0.2) is 0 Å². The van der Waals surface area contributed by atoms with Crippen LogP contribution in [-0.2, 0) is 38.9 Å². The van der Waals surface area contributed by atoms with E-state index >= 15 is 0 Å². The second kappa shape index (κ2) is 32.7. The molecule has 0 atom stereocenters. The van der Waals surface area contributed by atoms with Gasteiger partial charge in [-0.3, -0.25) is 0 Å². The Morgan fingerprint density at radius 3 is 0.529 bits per heavy atom. The zero-order valence-corrected chi connectivity index (χ0v) is 48.3. The first-order valence-electron chi connectivity index (χ1n) is 28.0. The van der Waals surface area contributed by atoms with Crippen LogP contribution in [0.3, 0.4) is 0 Å². The molecule has 8 saturated carbocycles. The number of carboxylic acids is 1. The van der Waals surface area contributed by atoms with E-state index in [1.165, 1.54) is 45.3 Å². The van der Waals surface area contributed by atoms with E-state index in [0.29, 0.717) is 31.7 Å². The average Bonchev–Trinajstić information content (AvgIpc) is 3.34. The summed E-state index contributed by atoms with van der Waals surface area (Å²) in [6.07, 6.45) is 63.5. The van der Waals surface area contributed by atoms with Gasteiger partial charge in [0.2, 0.25) is 0 Å². The smallest absolute Gasteiger partial charge is 0.480 e. The Kier molecular flexibility index (Phi) is 31.0. The molecule has 0 unspecified atom stereocenters. The molecule has 0 heterocycles. The molecule has 0 bridgehead atoms. The molecule has 0 spiro atoms. The first-order chi connectivity index (χ1) is 31.6. The Morgan fingerprint density at radius 1 is 0.338 bits per heavy atom. The van der Waals surface area contributed by atoms with Gasteiger partial charge >= 0.3 is 56.0 Å². The Balaban J connectivity index is 0.000000284. The Morgan fingerprint density at radius 2 is 0.441 bits per heavy atom. The average molecular weight is 1170 g/mol. The third-order valence-corrected chi connectivity index (χ3v) is 34.0. The summed E-state index contributed by atoms with van der Waals surface area (Å²) in [5.74, 6) is 2.38. The van der Waals surface area contributed by atoms with Crippen LogP contribution in [0.2, 0.25) is 0 Å². The number of hydrogen-bond donors (Lipinski definition) is 2. The number of aliphatic carboxylic acids is 1. The van der Waals surface area contributed by atoms with Crippen molar-refractivity contribution in [3.05, 3.63) is 0 Å². The van der Waals surface area contributed by atoms with Gasteiger partial charge in [-0.2, -0.15) is 0 Å². The fourth-order valence-electron chi connectivity index (χ4n) is 13.8. The maximum absolute atomic E-state index is 10.7. The minimum atomic E-state index is -10.7. The zero-order valence-electron chi connectivity index (χ0n) is 41.9. The first-order valence-corrected chi connectivity index (χ1v) is 36.7. The van der Waals surface area contributed by atoms with Crippen molar-refractivity contribution < 1.29 is 74.3 Å². The van der Waals surface area contributed by atoms with Gasteiger partial charge in [0.25, 0.3) is 0 Å². The van der Waals surface area contributed by atoms with E-state index in [4.69, 9.17) is 15.0 Å². The molecular weight excluding hydrogens is 1070 g/mol. The fourth-order valence-corrected chi connectivity index (χ4v) is 34.8. The monoisotopic (exact) mass is 1160 g/mol. The predicted octanol–water partition coefficient (Wildman–Crippen LogP) is 20.9. The summed E-state index contributed by atoms with van der Waals surface area (Å²) in [6.45, 7) is -0.778. The number of halogens is 6. The second-order valence-corrected chi connectivity index (χ2v) is 36.3. The van der Waals surface area contributed by atoms with Crippen molar-refractivity contribution >= 4 is 45.5 Å². The molecule has 0 amide bonds. The molecule has 0 aliphatic heterocycles. The quantitative estimate of drug-likeness (QED) is 0.110. The summed E-state index contributed by atoms with van der Waals surface area (Å²) in [7, 11) is -9.29. The van der Waals surface area contributed by atoms with Crippen molar-refractivity contribution in [2.45, 2.75) is 302 Å². The molecule has 16 heteroatoms. The molecule has 0 aromatic heterocycles. The van der Waals surface area contributed by atoms with E-state index in [2.05, 4.69) is 0 Å². The Hall–Kier alpha value is 2.20. The van der Waals surface area contributed by atoms with E-state index in [0.717, 1.165) is 0 Å². The van der Waals surface area contributed by atoms with Gasteiger partial charge in [0.15, 0.2) is 0 Å². The van der Waals surface area contributed by atoms with Gasteiger partial charge in [0.05, 0.1) is 0 Å². The van der Waals surface area contributed by atoms with E-state index in [1.807, 2.05) is 0 Å². The summed E-state index contributed by atoms with van der Waals surface area (Å²) < 4.78 is 59.2. The number of hydrogen-bond acceptors (Lipinski definition) is 2. The van der Waals surface area contributed by atoms with Gasteiger partial charge in [0, 0.05) is 17.1 Å². The van der Waals surface area contributed by atoms with Gasteiger partial charge < -0.3 is 10.2 Å². The molecule has 8 aliphatic carbocycles. The van der Waals surface area contributed by atoms with E-state index in [1.54, 1.807) is 269 Å². The van der Waals surface area contributed by atoms with Crippen LogP contribution in [0.25, 0.3) is 0 Å². The number of aliphatic hydroxyl groups is 1. The van der Waals surface area contributed by atoms with Gasteiger partial charge in [0.1, 0.15) is 6.61 Å². The third-order valence-electron chi connectivity index (χ3n) is 17.1. The number of aliphatic hydroxyl groups excluding tert-OH is 1. The molecule has 0 aromatic carbocycles. The van der Waals surface area contributed by atoms with Crippen molar-refractivity contribution in [2.75, 3.05) is 18.4 Å². The van der Waals surface area contributed by atoms with Crippen LogP contribution in [0.4, 0.5) is 25.2 Å². The third kappa shape index (κ3) is 26.3. The maximum atomic E-state index is 9.87. The molecule has 0 saturated heterocycles. The summed E-state index contributed by atoms with van der Waals surface area (Å²) in [5.41, 5.74) is 9.51. The Labute approximate surface area is 437 Å². The summed E-state index contributed by atoms with van der Waals surface area (Å²) in [4.78, 5) is 9.12. The van der Waals surface area contributed by atoms with Crippen molar-refractivity contribution in [1.82, 2.24) is 0 Å². The molecule has 1 radical (unpaired) electrons. The van der Waals surface area contributed by atoms with Crippen molar-refractivity contribution in [3.63, 3.8) is 0 Å². The summed E-state index contributed by atoms with van der Waals surface area (Å²) >= 11 is 0. The van der Waals surface area contributed by atoms with E-state index in [-0.39, 0.29) is 34.1 Å². The van der Waals surface area contributed by atoms with E-state index in [9.17, 15) is 25.2 Å². The standard InChI is InChI=1S/2C25H46P2.C2H4O3.2Cu.F6P/c2*1-5-13-22(14-6-1)26(23-15-7-2-8-16-23)21-27(24-17-9-3-10-18-24)25-19-11-4-12-20-25;3-1-2(4)5;;;1-7(2,3,4,5)6/h2*22-25H,1-21H2;3H,1H2,(H,4,5);;;/q;;;;+1;-1. The van der Waals surface area contributed by atoms with Crippen LogP contribution < -0.4 is 0 Å². The maximum Gasteiger partial charge on any atom is 1.00 e. The van der Waals surface area contributed by atoms with Crippen LogP contribution in [0, 0.1) is 0 Å². The van der Waals surface area contributed by atoms with Gasteiger partial charge in [-0.25, -0.2) is 4.79 Å². The van der Waals surface area contributed by atoms with Gasteiger partial charge in [-0.15, -0.1) is 0 Å². The molecule has 3 nitrogen and oxygen atoms in total. The normalized spacial score (nSPS) is 25.3. The molecule has 8 aliphatic rings. The zero-order chi connectivity index (χ0) is 47.3.